The van der Waals surface area contributed by atoms with Crippen LogP contribution in [0.4, 0.5) is 0 Å². The summed E-state index contributed by atoms with van der Waals surface area (Å²) in [5.74, 6) is 0. The first-order valence-electron chi connectivity index (χ1n) is 7.20. The molecule has 0 aromatic carbocycles. The van der Waals surface area contributed by atoms with E-state index >= 15 is 0 Å². The molecule has 0 bridgehead atoms. The molecule has 1 saturated heterocycles. The van der Waals surface area contributed by atoms with Gasteiger partial charge < -0.3 is 10.0 Å². The van der Waals surface area contributed by atoms with Crippen LogP contribution in [0.1, 0.15) is 51.4 Å². The SMILES string of the molecule is OC1CCCN(CC2(CBr)CCCCCC2)C1. The summed E-state index contributed by atoms with van der Waals surface area (Å²) < 4.78 is 0. The Morgan fingerprint density at radius 1 is 1.12 bits per heavy atom. The van der Waals surface area contributed by atoms with E-state index in [1.807, 2.05) is 0 Å². The highest BCUT2D eigenvalue weighted by molar-refractivity contribution is 9.09. The third kappa shape index (κ3) is 3.93. The molecule has 2 rings (SSSR count). The zero-order valence-electron chi connectivity index (χ0n) is 10.8. The standard InChI is InChI=1S/C14H26BrNO/c15-11-14(7-3-1-2-4-8-14)12-16-9-5-6-13(17)10-16/h13,17H,1-12H2. The van der Waals surface area contributed by atoms with Crippen molar-refractivity contribution in [1.82, 2.24) is 4.90 Å². The average molecular weight is 304 g/mol. The highest BCUT2D eigenvalue weighted by Gasteiger charge is 2.33. The number of nitrogens with zero attached hydrogens (tertiary/aromatic N) is 1. The van der Waals surface area contributed by atoms with Gasteiger partial charge >= 0.3 is 0 Å². The van der Waals surface area contributed by atoms with Crippen LogP contribution >= 0.6 is 15.9 Å². The van der Waals surface area contributed by atoms with Gasteiger partial charge in [-0.1, -0.05) is 41.6 Å². The molecule has 1 heterocycles. The number of aliphatic hydroxyl groups is 1. The molecule has 0 amide bonds. The number of hydrogen-bond acceptors (Lipinski definition) is 2. The Morgan fingerprint density at radius 2 is 1.82 bits per heavy atom. The Morgan fingerprint density at radius 3 is 2.41 bits per heavy atom. The maximum Gasteiger partial charge on any atom is 0.0667 e. The number of β-amino-alcohol motifs (C(OH)–C–C–N with tert-alkyl or cyclic N) is 1. The molecule has 1 atom stereocenters. The second kappa shape index (κ2) is 6.53. The van der Waals surface area contributed by atoms with Gasteiger partial charge in [0.2, 0.25) is 0 Å². The summed E-state index contributed by atoms with van der Waals surface area (Å²) in [6, 6.07) is 0. The molecule has 0 spiro atoms. The Bertz CT molecular complexity index is 226. The summed E-state index contributed by atoms with van der Waals surface area (Å²) in [5.41, 5.74) is 0.480. The van der Waals surface area contributed by atoms with Gasteiger partial charge in [0.25, 0.3) is 0 Å². The largest absolute Gasteiger partial charge is 0.392 e. The molecule has 1 aliphatic carbocycles. The van der Waals surface area contributed by atoms with Crippen molar-refractivity contribution in [3.63, 3.8) is 0 Å². The molecule has 2 aliphatic rings. The fourth-order valence-electron chi connectivity index (χ4n) is 3.46. The third-order valence-electron chi connectivity index (χ3n) is 4.49. The van der Waals surface area contributed by atoms with Gasteiger partial charge in [0.15, 0.2) is 0 Å². The molecule has 0 aromatic rings. The van der Waals surface area contributed by atoms with Crippen LogP contribution in [0.5, 0.6) is 0 Å². The molecule has 2 nitrogen and oxygen atoms in total. The van der Waals surface area contributed by atoms with E-state index in [2.05, 4.69) is 20.8 Å². The average Bonchev–Trinajstić information content (AvgIpc) is 2.55. The monoisotopic (exact) mass is 303 g/mol. The smallest absolute Gasteiger partial charge is 0.0667 e. The highest BCUT2D eigenvalue weighted by atomic mass is 79.9. The molecule has 100 valence electrons. The van der Waals surface area contributed by atoms with Gasteiger partial charge in [0.05, 0.1) is 6.10 Å². The van der Waals surface area contributed by atoms with E-state index in [1.165, 1.54) is 58.0 Å². The minimum Gasteiger partial charge on any atom is -0.392 e. The molecule has 1 saturated carbocycles. The number of likely N-dealkylation sites (tertiary alicyclic amines) is 1. The van der Waals surface area contributed by atoms with Crippen molar-refractivity contribution in [2.45, 2.75) is 57.5 Å². The minimum absolute atomic E-state index is 0.0816. The minimum atomic E-state index is -0.0816. The van der Waals surface area contributed by atoms with Crippen molar-refractivity contribution in [3.05, 3.63) is 0 Å². The van der Waals surface area contributed by atoms with Gasteiger partial charge in [-0.3, -0.25) is 0 Å². The van der Waals surface area contributed by atoms with Crippen LogP contribution in [0.25, 0.3) is 0 Å². The summed E-state index contributed by atoms with van der Waals surface area (Å²) in [5, 5.41) is 10.9. The summed E-state index contributed by atoms with van der Waals surface area (Å²) >= 11 is 3.76. The Labute approximate surface area is 114 Å². The van der Waals surface area contributed by atoms with E-state index in [0.717, 1.165) is 18.3 Å². The fourth-order valence-corrected chi connectivity index (χ4v) is 4.20. The second-order valence-electron chi connectivity index (χ2n) is 6.08. The number of halogens is 1. The van der Waals surface area contributed by atoms with Crippen molar-refractivity contribution in [1.29, 1.82) is 0 Å². The lowest BCUT2D eigenvalue weighted by atomic mass is 9.81. The maximum atomic E-state index is 9.77. The number of piperidine rings is 1. The van der Waals surface area contributed by atoms with Gasteiger partial charge in [-0.25, -0.2) is 0 Å². The van der Waals surface area contributed by atoms with Crippen molar-refractivity contribution in [3.8, 4) is 0 Å². The fraction of sp³-hybridized carbons (Fsp3) is 1.00. The van der Waals surface area contributed by atoms with Crippen molar-refractivity contribution in [2.75, 3.05) is 25.0 Å². The quantitative estimate of drug-likeness (QED) is 0.639. The molecule has 0 radical (unpaired) electrons. The summed E-state index contributed by atoms with van der Waals surface area (Å²) in [7, 11) is 0. The van der Waals surface area contributed by atoms with Crippen LogP contribution in [0.15, 0.2) is 0 Å². The van der Waals surface area contributed by atoms with Crippen LogP contribution < -0.4 is 0 Å². The van der Waals surface area contributed by atoms with Crippen molar-refractivity contribution < 1.29 is 5.11 Å². The Kier molecular flexibility index (Phi) is 5.31. The first-order valence-corrected chi connectivity index (χ1v) is 8.33. The molecule has 1 N–H and O–H groups in total. The Hall–Kier alpha value is 0.400. The van der Waals surface area contributed by atoms with E-state index in [4.69, 9.17) is 0 Å². The number of alkyl halides is 1. The topological polar surface area (TPSA) is 23.5 Å². The summed E-state index contributed by atoms with van der Waals surface area (Å²) in [4.78, 5) is 2.50. The first kappa shape index (κ1) is 13.8. The third-order valence-corrected chi connectivity index (χ3v) is 5.68. The first-order chi connectivity index (χ1) is 8.24. The molecule has 0 aromatic heterocycles. The van der Waals surface area contributed by atoms with E-state index in [1.54, 1.807) is 0 Å². The lowest BCUT2D eigenvalue weighted by Gasteiger charge is -2.39. The maximum absolute atomic E-state index is 9.77. The van der Waals surface area contributed by atoms with Gasteiger partial charge in [0, 0.05) is 18.4 Å². The summed E-state index contributed by atoms with van der Waals surface area (Å²) in [6.45, 7) is 3.27. The van der Waals surface area contributed by atoms with Gasteiger partial charge in [0.1, 0.15) is 0 Å². The zero-order valence-corrected chi connectivity index (χ0v) is 12.4. The number of aliphatic hydroxyl groups excluding tert-OH is 1. The lowest BCUT2D eigenvalue weighted by Crippen LogP contribution is -2.45. The van der Waals surface area contributed by atoms with Crippen molar-refractivity contribution in [2.24, 2.45) is 5.41 Å². The van der Waals surface area contributed by atoms with Crippen LogP contribution in [-0.2, 0) is 0 Å². The predicted octanol–water partition coefficient (Wildman–Crippen LogP) is 3.18. The number of hydrogen-bond donors (Lipinski definition) is 1. The van der Waals surface area contributed by atoms with E-state index in [-0.39, 0.29) is 6.10 Å². The van der Waals surface area contributed by atoms with Gasteiger partial charge in [-0.05, 0) is 37.6 Å². The van der Waals surface area contributed by atoms with Crippen LogP contribution in [0.2, 0.25) is 0 Å². The summed E-state index contributed by atoms with van der Waals surface area (Å²) in [6.07, 6.45) is 10.4. The lowest BCUT2D eigenvalue weighted by molar-refractivity contribution is 0.0444. The zero-order chi connectivity index (χ0) is 12.1. The molecular weight excluding hydrogens is 278 g/mol. The molecule has 17 heavy (non-hydrogen) atoms. The normalized spacial score (nSPS) is 31.1. The molecule has 3 heteroatoms. The predicted molar refractivity (Wildman–Crippen MR) is 75.6 cm³/mol. The van der Waals surface area contributed by atoms with E-state index in [9.17, 15) is 5.11 Å². The van der Waals surface area contributed by atoms with Crippen molar-refractivity contribution >= 4 is 15.9 Å². The molecule has 1 aliphatic heterocycles. The van der Waals surface area contributed by atoms with E-state index < -0.39 is 0 Å². The van der Waals surface area contributed by atoms with Crippen LogP contribution in [0, 0.1) is 5.41 Å². The van der Waals surface area contributed by atoms with Crippen LogP contribution in [-0.4, -0.2) is 41.1 Å². The van der Waals surface area contributed by atoms with Crippen LogP contribution in [0.3, 0.4) is 0 Å². The van der Waals surface area contributed by atoms with Gasteiger partial charge in [-0.15, -0.1) is 0 Å². The molecular formula is C14H26BrNO. The Balaban J connectivity index is 1.92. The highest BCUT2D eigenvalue weighted by Crippen LogP contribution is 2.37. The van der Waals surface area contributed by atoms with Gasteiger partial charge in [-0.2, -0.15) is 0 Å². The van der Waals surface area contributed by atoms with E-state index in [0.29, 0.717) is 5.41 Å². The second-order valence-corrected chi connectivity index (χ2v) is 6.64. The molecule has 1 unspecified atom stereocenters. The number of rotatable bonds is 3. The molecule has 2 fully saturated rings.